The fourth-order valence-electron chi connectivity index (χ4n) is 1.17. The number of halogens is 2. The molecule has 1 aromatic rings. The van der Waals surface area contributed by atoms with Gasteiger partial charge in [0.1, 0.15) is 12.8 Å². The quantitative estimate of drug-likeness (QED) is 0.535. The third kappa shape index (κ3) is 4.95. The number of imidazole rings is 1. The van der Waals surface area contributed by atoms with Gasteiger partial charge < -0.3 is 25.1 Å². The molecule has 0 atom stereocenters. The van der Waals surface area contributed by atoms with Crippen molar-refractivity contribution in [2.24, 2.45) is 0 Å². The van der Waals surface area contributed by atoms with Gasteiger partial charge in [-0.05, 0) is 9.91 Å². The van der Waals surface area contributed by atoms with Gasteiger partial charge in [-0.3, -0.25) is 4.79 Å². The summed E-state index contributed by atoms with van der Waals surface area (Å²) in [6.07, 6.45) is 2.18. The van der Waals surface area contributed by atoms with Crippen LogP contribution in [0.2, 0.25) is 0 Å². The lowest BCUT2D eigenvalue weighted by molar-refractivity contribution is -0.389. The highest BCUT2D eigenvalue weighted by molar-refractivity contribution is 5.75. The molecule has 0 fully saturated rings. The monoisotopic (exact) mass is 278 g/mol. The van der Waals surface area contributed by atoms with Gasteiger partial charge in [0.15, 0.2) is 0 Å². The molecule has 1 amide bonds. The summed E-state index contributed by atoms with van der Waals surface area (Å²) in [5.41, 5.74) is 0. The molecule has 0 unspecified atom stereocenters. The standard InChI is InChI=1S/C9H12F2N4O4/c10-9(11,5-16)4-12-8(17)1-2-14-3-7(13-6-14)15(18)19/h3,6,16H,1-2,4-5H2,(H,12,17). The van der Waals surface area contributed by atoms with Gasteiger partial charge in [0, 0.05) is 13.0 Å². The van der Waals surface area contributed by atoms with Gasteiger partial charge in [-0.2, -0.15) is 0 Å². The Labute approximate surface area is 106 Å². The number of aromatic nitrogens is 2. The van der Waals surface area contributed by atoms with E-state index in [4.69, 9.17) is 5.11 Å². The van der Waals surface area contributed by atoms with E-state index in [1.165, 1.54) is 10.9 Å². The molecule has 1 aromatic heterocycles. The summed E-state index contributed by atoms with van der Waals surface area (Å²) in [7, 11) is 0. The number of nitrogens with one attached hydrogen (secondary N) is 1. The van der Waals surface area contributed by atoms with Gasteiger partial charge in [0.25, 0.3) is 5.92 Å². The maximum atomic E-state index is 12.6. The highest BCUT2D eigenvalue weighted by Gasteiger charge is 2.28. The molecular formula is C9H12F2N4O4. The van der Waals surface area contributed by atoms with Crippen LogP contribution in [0.15, 0.2) is 12.5 Å². The minimum absolute atomic E-state index is 0.0807. The van der Waals surface area contributed by atoms with E-state index in [2.05, 4.69) is 4.98 Å². The van der Waals surface area contributed by atoms with Gasteiger partial charge in [-0.1, -0.05) is 0 Å². The average molecular weight is 278 g/mol. The number of aliphatic hydroxyl groups excluding tert-OH is 1. The summed E-state index contributed by atoms with van der Waals surface area (Å²) in [6, 6.07) is 0. The van der Waals surface area contributed by atoms with Crippen molar-refractivity contribution in [2.45, 2.75) is 18.9 Å². The highest BCUT2D eigenvalue weighted by Crippen LogP contribution is 2.10. The van der Waals surface area contributed by atoms with Crippen molar-refractivity contribution < 1.29 is 23.6 Å². The first kappa shape index (κ1) is 15.0. The number of aliphatic hydroxyl groups is 1. The molecule has 0 bridgehead atoms. The fourth-order valence-corrected chi connectivity index (χ4v) is 1.17. The van der Waals surface area contributed by atoms with Gasteiger partial charge in [0.05, 0.1) is 6.54 Å². The molecule has 19 heavy (non-hydrogen) atoms. The minimum atomic E-state index is -3.36. The van der Waals surface area contributed by atoms with Crippen LogP contribution in [-0.4, -0.2) is 44.6 Å². The molecule has 8 nitrogen and oxygen atoms in total. The number of nitro groups is 1. The summed E-state index contributed by atoms with van der Waals surface area (Å²) in [6.45, 7) is -2.22. The zero-order valence-corrected chi connectivity index (χ0v) is 9.75. The zero-order valence-electron chi connectivity index (χ0n) is 9.75. The topological polar surface area (TPSA) is 110 Å². The Morgan fingerprint density at radius 3 is 2.84 bits per heavy atom. The van der Waals surface area contributed by atoms with Crippen molar-refractivity contribution in [2.75, 3.05) is 13.2 Å². The molecule has 1 heterocycles. The SMILES string of the molecule is O=C(CCn1cnc([N+](=O)[O-])c1)NCC(F)(F)CO. The molecule has 0 aliphatic heterocycles. The molecule has 0 spiro atoms. The third-order valence-corrected chi connectivity index (χ3v) is 2.18. The summed E-state index contributed by atoms with van der Waals surface area (Å²) in [5, 5.41) is 20.6. The van der Waals surface area contributed by atoms with Crippen LogP contribution < -0.4 is 5.32 Å². The lowest BCUT2D eigenvalue weighted by Crippen LogP contribution is -2.39. The van der Waals surface area contributed by atoms with Gasteiger partial charge in [-0.25, -0.2) is 8.78 Å². The molecule has 2 N–H and O–H groups in total. The zero-order chi connectivity index (χ0) is 14.5. The molecule has 0 saturated heterocycles. The van der Waals surface area contributed by atoms with Crippen LogP contribution in [0.3, 0.4) is 0 Å². The largest absolute Gasteiger partial charge is 0.390 e. The number of aryl methyl sites for hydroxylation is 1. The first-order valence-corrected chi connectivity index (χ1v) is 5.25. The molecule has 0 radical (unpaired) electrons. The predicted octanol–water partition coefficient (Wildman–Crippen LogP) is -0.0748. The Morgan fingerprint density at radius 1 is 1.63 bits per heavy atom. The van der Waals surface area contributed by atoms with E-state index in [9.17, 15) is 23.7 Å². The second-order valence-corrected chi connectivity index (χ2v) is 3.77. The van der Waals surface area contributed by atoms with E-state index in [-0.39, 0.29) is 18.8 Å². The van der Waals surface area contributed by atoms with E-state index >= 15 is 0 Å². The molecule has 0 saturated carbocycles. The second-order valence-electron chi connectivity index (χ2n) is 3.77. The molecular weight excluding hydrogens is 266 g/mol. The van der Waals surface area contributed by atoms with E-state index in [0.29, 0.717) is 0 Å². The normalized spacial score (nSPS) is 11.3. The second kappa shape index (κ2) is 6.18. The summed E-state index contributed by atoms with van der Waals surface area (Å²) >= 11 is 0. The molecule has 0 aromatic carbocycles. The van der Waals surface area contributed by atoms with Gasteiger partial charge >= 0.3 is 5.82 Å². The molecule has 1 rings (SSSR count). The van der Waals surface area contributed by atoms with Crippen LogP contribution in [0.5, 0.6) is 0 Å². The number of hydrogen-bond donors (Lipinski definition) is 2. The first-order chi connectivity index (χ1) is 8.84. The van der Waals surface area contributed by atoms with Crippen LogP contribution in [0.25, 0.3) is 0 Å². The maximum Gasteiger partial charge on any atom is 0.381 e. The van der Waals surface area contributed by atoms with Crippen LogP contribution in [-0.2, 0) is 11.3 Å². The highest BCUT2D eigenvalue weighted by atomic mass is 19.3. The Morgan fingerprint density at radius 2 is 2.32 bits per heavy atom. The van der Waals surface area contributed by atoms with Crippen molar-refractivity contribution in [1.82, 2.24) is 14.9 Å². The van der Waals surface area contributed by atoms with Crippen LogP contribution in [0, 0.1) is 10.1 Å². The molecule has 106 valence electrons. The number of hydrogen-bond acceptors (Lipinski definition) is 5. The van der Waals surface area contributed by atoms with Crippen molar-refractivity contribution in [1.29, 1.82) is 0 Å². The van der Waals surface area contributed by atoms with E-state index in [1.807, 2.05) is 5.32 Å². The van der Waals surface area contributed by atoms with E-state index in [0.717, 1.165) is 6.20 Å². The smallest absolute Gasteiger partial charge is 0.381 e. The van der Waals surface area contributed by atoms with Crippen molar-refractivity contribution in [3.63, 3.8) is 0 Å². The van der Waals surface area contributed by atoms with Gasteiger partial charge in [-0.15, -0.1) is 0 Å². The average Bonchev–Trinajstić information content (AvgIpc) is 2.83. The van der Waals surface area contributed by atoms with Gasteiger partial charge in [0.2, 0.25) is 12.2 Å². The molecule has 10 heteroatoms. The third-order valence-electron chi connectivity index (χ3n) is 2.18. The molecule has 0 aliphatic carbocycles. The lowest BCUT2D eigenvalue weighted by Gasteiger charge is -2.13. The minimum Gasteiger partial charge on any atom is -0.390 e. The van der Waals surface area contributed by atoms with Crippen molar-refractivity contribution in [3.8, 4) is 0 Å². The molecule has 0 aliphatic rings. The number of carbonyl (C=O) groups is 1. The summed E-state index contributed by atoms with van der Waals surface area (Å²) < 4.78 is 26.5. The van der Waals surface area contributed by atoms with Crippen molar-refractivity contribution in [3.05, 3.63) is 22.6 Å². The first-order valence-electron chi connectivity index (χ1n) is 5.25. The maximum absolute atomic E-state index is 12.6. The number of alkyl halides is 2. The van der Waals surface area contributed by atoms with E-state index in [1.54, 1.807) is 0 Å². The predicted molar refractivity (Wildman–Crippen MR) is 58.5 cm³/mol. The van der Waals surface area contributed by atoms with Crippen molar-refractivity contribution >= 4 is 11.7 Å². The van der Waals surface area contributed by atoms with Crippen LogP contribution in [0.1, 0.15) is 6.42 Å². The number of carbonyl (C=O) groups excluding carboxylic acids is 1. The van der Waals surface area contributed by atoms with E-state index < -0.39 is 29.9 Å². The Balaban J connectivity index is 2.35. The Kier molecular flexibility index (Phi) is 4.87. The number of rotatable bonds is 7. The fraction of sp³-hybridized carbons (Fsp3) is 0.556. The Bertz CT molecular complexity index is 463. The van der Waals surface area contributed by atoms with Crippen LogP contribution >= 0.6 is 0 Å². The number of nitrogens with zero attached hydrogens (tertiary/aromatic N) is 3. The van der Waals surface area contributed by atoms with Crippen LogP contribution in [0.4, 0.5) is 14.6 Å². The number of amides is 1. The Hall–Kier alpha value is -2.10. The lowest BCUT2D eigenvalue weighted by atomic mass is 10.3. The summed E-state index contributed by atoms with van der Waals surface area (Å²) in [4.78, 5) is 24.4. The summed E-state index contributed by atoms with van der Waals surface area (Å²) in [5.74, 6) is -4.36.